The van der Waals surface area contributed by atoms with E-state index >= 15 is 0 Å². The van der Waals surface area contributed by atoms with Gasteiger partial charge in [-0.15, -0.1) is 0 Å². The third-order valence-electron chi connectivity index (χ3n) is 9.47. The van der Waals surface area contributed by atoms with E-state index in [1.807, 2.05) is 0 Å². The minimum Gasteiger partial charge on any atom is -0.342 e. The van der Waals surface area contributed by atoms with Crippen LogP contribution in [0.4, 0.5) is 0 Å². The maximum absolute atomic E-state index is 2.51. The van der Waals surface area contributed by atoms with Crippen LogP contribution in [0, 0.1) is 62.3 Å². The first-order valence-corrected chi connectivity index (χ1v) is 12.7. The molecule has 0 saturated carbocycles. The van der Waals surface area contributed by atoms with Crippen molar-refractivity contribution in [1.29, 1.82) is 0 Å². The Labute approximate surface area is 204 Å². The van der Waals surface area contributed by atoms with E-state index in [1.165, 1.54) is 99.2 Å². The van der Waals surface area contributed by atoms with Gasteiger partial charge in [0, 0.05) is 35.6 Å². The highest BCUT2D eigenvalue weighted by atomic mass is 15.0. The summed E-state index contributed by atoms with van der Waals surface area (Å²) >= 11 is 0. The van der Waals surface area contributed by atoms with Crippen LogP contribution >= 0.6 is 0 Å². The van der Waals surface area contributed by atoms with Gasteiger partial charge in [-0.1, -0.05) is 13.8 Å². The van der Waals surface area contributed by atoms with Crippen LogP contribution in [0.1, 0.15) is 75.4 Å². The second-order valence-corrected chi connectivity index (χ2v) is 11.2. The summed E-state index contributed by atoms with van der Waals surface area (Å²) in [4.78, 5) is 0. The monoisotopic (exact) mass is 452 g/mol. The number of benzene rings is 3. The van der Waals surface area contributed by atoms with Gasteiger partial charge in [-0.05, 0) is 124 Å². The molecule has 0 aliphatic carbocycles. The van der Waals surface area contributed by atoms with Crippen molar-refractivity contribution in [3.05, 3.63) is 55.6 Å². The topological polar surface area (TPSA) is 9.86 Å². The van der Waals surface area contributed by atoms with Crippen molar-refractivity contribution < 1.29 is 0 Å². The van der Waals surface area contributed by atoms with Gasteiger partial charge >= 0.3 is 0 Å². The highest BCUT2D eigenvalue weighted by Crippen LogP contribution is 2.48. The standard InChI is InChI=1S/C32H40N2/c1-14(2)24-23(11)27-25-19(7)15(3)17(5)21(9)29(25)33(12)31(27)32-28(24)26-20(8)16(4)18(6)22(10)30(26)34(32)13/h14H,1-13H3. The maximum atomic E-state index is 2.51. The molecule has 0 bridgehead atoms. The molecule has 2 heterocycles. The molecule has 5 aromatic rings. The molecule has 0 spiro atoms. The van der Waals surface area contributed by atoms with Crippen molar-refractivity contribution in [2.75, 3.05) is 0 Å². The predicted molar refractivity (Wildman–Crippen MR) is 151 cm³/mol. The molecule has 0 aliphatic heterocycles. The fourth-order valence-corrected chi connectivity index (χ4v) is 7.06. The number of fused-ring (bicyclic) bond motifs is 7. The maximum Gasteiger partial charge on any atom is 0.0739 e. The Morgan fingerprint density at radius 2 is 0.706 bits per heavy atom. The molecule has 34 heavy (non-hydrogen) atoms. The van der Waals surface area contributed by atoms with Gasteiger partial charge in [0.1, 0.15) is 0 Å². The minimum atomic E-state index is 0.446. The lowest BCUT2D eigenvalue weighted by Gasteiger charge is -2.17. The predicted octanol–water partition coefficient (Wildman–Crippen LogP) is 8.88. The molecule has 3 aromatic carbocycles. The Kier molecular flexibility index (Phi) is 4.83. The molecule has 0 aliphatic rings. The lowest BCUT2D eigenvalue weighted by Crippen LogP contribution is -1.99. The second-order valence-electron chi connectivity index (χ2n) is 11.2. The summed E-state index contributed by atoms with van der Waals surface area (Å²) in [5, 5.41) is 5.83. The van der Waals surface area contributed by atoms with Gasteiger partial charge in [-0.3, -0.25) is 0 Å². The Morgan fingerprint density at radius 3 is 1.12 bits per heavy atom. The SMILES string of the molecule is Cc1c(C)c(C)c2c(c1C)c1c(C)c(C(C)C)c3c4c(C)c(C)c(C)c(C)c4n(C)c3c1n2C. The van der Waals surface area contributed by atoms with Gasteiger partial charge in [0.15, 0.2) is 0 Å². The second kappa shape index (κ2) is 7.13. The molecule has 2 heteroatoms. The molecule has 5 rings (SSSR count). The number of aromatic nitrogens is 2. The third-order valence-corrected chi connectivity index (χ3v) is 9.47. The van der Waals surface area contributed by atoms with Gasteiger partial charge in [0.05, 0.1) is 22.1 Å². The highest BCUT2D eigenvalue weighted by molar-refractivity contribution is 6.27. The fraction of sp³-hybridized carbons (Fsp3) is 0.438. The fourth-order valence-electron chi connectivity index (χ4n) is 7.06. The first-order chi connectivity index (χ1) is 15.8. The van der Waals surface area contributed by atoms with Gasteiger partial charge in [0.2, 0.25) is 0 Å². The molecule has 0 unspecified atom stereocenters. The number of hydrogen-bond acceptors (Lipinski definition) is 0. The van der Waals surface area contributed by atoms with Crippen molar-refractivity contribution in [2.24, 2.45) is 14.1 Å². The summed E-state index contributed by atoms with van der Waals surface area (Å²) < 4.78 is 5.01. The number of aryl methyl sites for hydroxylation is 7. The molecular formula is C32H40N2. The Morgan fingerprint density at radius 1 is 0.382 bits per heavy atom. The largest absolute Gasteiger partial charge is 0.342 e. The van der Waals surface area contributed by atoms with Crippen LogP contribution in [0.5, 0.6) is 0 Å². The molecule has 178 valence electrons. The summed E-state index contributed by atoms with van der Waals surface area (Å²) in [6, 6.07) is 0. The summed E-state index contributed by atoms with van der Waals surface area (Å²) in [5.41, 5.74) is 19.9. The zero-order chi connectivity index (χ0) is 25.1. The molecule has 0 fully saturated rings. The van der Waals surface area contributed by atoms with Crippen LogP contribution in [-0.4, -0.2) is 9.13 Å². The van der Waals surface area contributed by atoms with Crippen LogP contribution in [0.25, 0.3) is 43.6 Å². The minimum absolute atomic E-state index is 0.446. The van der Waals surface area contributed by atoms with Crippen molar-refractivity contribution in [3.8, 4) is 0 Å². The lowest BCUT2D eigenvalue weighted by atomic mass is 9.86. The third kappa shape index (κ3) is 2.47. The zero-order valence-corrected chi connectivity index (χ0v) is 23.5. The van der Waals surface area contributed by atoms with Gasteiger partial charge in [-0.2, -0.15) is 0 Å². The molecule has 0 saturated heterocycles. The first kappa shape index (κ1) is 23.0. The van der Waals surface area contributed by atoms with E-state index in [0.717, 1.165) is 0 Å². The van der Waals surface area contributed by atoms with Gasteiger partial charge < -0.3 is 9.13 Å². The number of rotatable bonds is 1. The van der Waals surface area contributed by atoms with Crippen molar-refractivity contribution >= 4 is 43.6 Å². The average molecular weight is 453 g/mol. The highest BCUT2D eigenvalue weighted by Gasteiger charge is 2.28. The van der Waals surface area contributed by atoms with Crippen LogP contribution in [-0.2, 0) is 14.1 Å². The average Bonchev–Trinajstić information content (AvgIpc) is 3.25. The first-order valence-electron chi connectivity index (χ1n) is 12.7. The van der Waals surface area contributed by atoms with E-state index in [1.54, 1.807) is 0 Å². The number of nitrogens with zero attached hydrogens (tertiary/aromatic N) is 2. The Balaban J connectivity index is 2.29. The summed E-state index contributed by atoms with van der Waals surface area (Å²) in [6.07, 6.45) is 0. The van der Waals surface area contributed by atoms with Crippen molar-refractivity contribution in [2.45, 2.75) is 82.1 Å². The van der Waals surface area contributed by atoms with Crippen LogP contribution < -0.4 is 0 Å². The van der Waals surface area contributed by atoms with Crippen molar-refractivity contribution in [3.63, 3.8) is 0 Å². The summed E-state index contributed by atoms with van der Waals surface area (Å²) in [6.45, 7) is 25.5. The molecule has 0 radical (unpaired) electrons. The summed E-state index contributed by atoms with van der Waals surface area (Å²) in [7, 11) is 4.58. The van der Waals surface area contributed by atoms with E-state index in [9.17, 15) is 0 Å². The molecule has 2 aromatic heterocycles. The van der Waals surface area contributed by atoms with Crippen LogP contribution in [0.2, 0.25) is 0 Å². The molecule has 0 N–H and O–H groups in total. The number of hydrogen-bond donors (Lipinski definition) is 0. The Bertz CT molecular complexity index is 1710. The van der Waals surface area contributed by atoms with E-state index in [-0.39, 0.29) is 0 Å². The molecule has 0 amide bonds. The van der Waals surface area contributed by atoms with Crippen LogP contribution in [0.15, 0.2) is 0 Å². The molecule has 0 atom stereocenters. The molecular weight excluding hydrogens is 412 g/mol. The van der Waals surface area contributed by atoms with Crippen molar-refractivity contribution in [1.82, 2.24) is 9.13 Å². The lowest BCUT2D eigenvalue weighted by molar-refractivity contribution is 0.868. The quantitative estimate of drug-likeness (QED) is 0.240. The summed E-state index contributed by atoms with van der Waals surface area (Å²) in [5.74, 6) is 0.446. The van der Waals surface area contributed by atoms with E-state index in [4.69, 9.17) is 0 Å². The van der Waals surface area contributed by atoms with Crippen LogP contribution in [0.3, 0.4) is 0 Å². The zero-order valence-electron chi connectivity index (χ0n) is 23.5. The van der Waals surface area contributed by atoms with Gasteiger partial charge in [-0.25, -0.2) is 0 Å². The molecule has 2 nitrogen and oxygen atoms in total. The van der Waals surface area contributed by atoms with E-state index < -0.39 is 0 Å². The van der Waals surface area contributed by atoms with Gasteiger partial charge in [0.25, 0.3) is 0 Å². The van der Waals surface area contributed by atoms with E-state index in [0.29, 0.717) is 5.92 Å². The normalized spacial score (nSPS) is 12.5. The smallest absolute Gasteiger partial charge is 0.0739 e. The van der Waals surface area contributed by atoms with E-state index in [2.05, 4.69) is 99.4 Å². The Hall–Kier alpha value is -2.74.